The maximum absolute atomic E-state index is 11.4. The summed E-state index contributed by atoms with van der Waals surface area (Å²) >= 11 is 2.65. The van der Waals surface area contributed by atoms with E-state index in [1.54, 1.807) is 6.07 Å². The summed E-state index contributed by atoms with van der Waals surface area (Å²) in [6.45, 7) is 4.64. The maximum Gasteiger partial charge on any atom is 0.346 e. The van der Waals surface area contributed by atoms with Gasteiger partial charge in [-0.3, -0.25) is 0 Å². The lowest BCUT2D eigenvalue weighted by atomic mass is 9.71. The maximum atomic E-state index is 11.4. The van der Waals surface area contributed by atoms with Crippen LogP contribution in [0, 0.1) is 11.3 Å². The highest BCUT2D eigenvalue weighted by molar-refractivity contribution is 7.16. The molecule has 0 saturated heterocycles. The number of thiophene rings is 1. The van der Waals surface area contributed by atoms with E-state index in [9.17, 15) is 15.2 Å². The van der Waals surface area contributed by atoms with Crippen LogP contribution in [0.2, 0.25) is 0 Å². The predicted molar refractivity (Wildman–Crippen MR) is 212 cm³/mol. The highest BCUT2D eigenvalue weighted by Crippen LogP contribution is 2.57. The van der Waals surface area contributed by atoms with Crippen molar-refractivity contribution in [2.75, 3.05) is 4.90 Å². The second-order valence-electron chi connectivity index (χ2n) is 14.4. The van der Waals surface area contributed by atoms with Gasteiger partial charge in [-0.25, -0.2) is 4.79 Å². The quantitative estimate of drug-likeness (QED) is 0.118. The van der Waals surface area contributed by atoms with Gasteiger partial charge < -0.3 is 10.0 Å². The van der Waals surface area contributed by atoms with Gasteiger partial charge in [0, 0.05) is 49.6 Å². The number of hydrogen-bond donors (Lipinski definition) is 1. The normalized spacial score (nSPS) is 18.2. The predicted octanol–water partition coefficient (Wildman–Crippen LogP) is 11.7. The van der Waals surface area contributed by atoms with Crippen LogP contribution in [-0.4, -0.2) is 25.9 Å². The number of carbonyl (C=O) groups is 1. The molecule has 52 heavy (non-hydrogen) atoms. The molecule has 3 aliphatic rings. The van der Waals surface area contributed by atoms with Crippen molar-refractivity contribution >= 4 is 57.5 Å². The molecule has 0 spiro atoms. The topological polar surface area (TPSA) is 90.1 Å². The Morgan fingerprint density at radius 3 is 2.46 bits per heavy atom. The molecule has 8 heteroatoms. The summed E-state index contributed by atoms with van der Waals surface area (Å²) in [6.07, 6.45) is 9.71. The van der Waals surface area contributed by atoms with E-state index < -0.39 is 5.97 Å². The summed E-state index contributed by atoms with van der Waals surface area (Å²) in [5, 5.41) is 18.5. The number of rotatable bonds is 9. The molecule has 1 N–H and O–H groups in total. The van der Waals surface area contributed by atoms with Crippen LogP contribution in [0.15, 0.2) is 90.5 Å². The number of aromatic nitrogens is 2. The highest BCUT2D eigenvalue weighted by Gasteiger charge is 2.45. The molecule has 2 atom stereocenters. The molecule has 9 rings (SSSR count). The number of carboxylic acids is 1. The largest absolute Gasteiger partial charge is 0.477 e. The fourth-order valence-corrected chi connectivity index (χ4v) is 11.2. The zero-order valence-corrected chi connectivity index (χ0v) is 30.9. The molecule has 1 saturated carbocycles. The third-order valence-corrected chi connectivity index (χ3v) is 13.2. The monoisotopic (exact) mass is 718 g/mol. The molecular formula is C44H38N4O2S2. The Kier molecular flexibility index (Phi) is 8.09. The third-order valence-electron chi connectivity index (χ3n) is 11.6. The fourth-order valence-electron chi connectivity index (χ4n) is 9.64. The Labute approximate surface area is 312 Å². The zero-order valence-electron chi connectivity index (χ0n) is 29.2. The number of anilines is 2. The smallest absolute Gasteiger partial charge is 0.346 e. The molecular weight excluding hydrogens is 681 g/mol. The van der Waals surface area contributed by atoms with Crippen LogP contribution >= 0.6 is 23.1 Å². The van der Waals surface area contributed by atoms with E-state index in [0.29, 0.717) is 16.8 Å². The molecule has 2 aliphatic carbocycles. The molecule has 2 aromatic heterocycles. The molecule has 4 aromatic carbocycles. The molecule has 6 nitrogen and oxygen atoms in total. The number of carboxylic acid groups (broad SMARTS) is 1. The first-order valence-corrected chi connectivity index (χ1v) is 19.9. The van der Waals surface area contributed by atoms with Gasteiger partial charge >= 0.3 is 5.97 Å². The van der Waals surface area contributed by atoms with E-state index in [1.807, 2.05) is 12.1 Å². The number of nitrogens with zero attached hydrogens (tertiary/aromatic N) is 4. The van der Waals surface area contributed by atoms with Crippen LogP contribution in [0.3, 0.4) is 0 Å². The molecule has 258 valence electrons. The number of aliphatic carboxylic acids is 1. The van der Waals surface area contributed by atoms with Crippen LogP contribution in [-0.2, 0) is 10.2 Å². The molecule has 1 aliphatic heterocycles. The minimum atomic E-state index is -1.23. The minimum absolute atomic E-state index is 0.0945. The first-order chi connectivity index (χ1) is 25.5. The number of benzene rings is 4. The van der Waals surface area contributed by atoms with E-state index in [1.165, 1.54) is 113 Å². The standard InChI is InChI=1S/C44H38N4O2S2/c1-3-20-44(21-4-2)36-10-6-5-8-31(36)34-24-28(13-17-37(34)44)48-38-11-7-9-32(38)35-23-26(12-18-39(35)48)30-15-16-33(42-41(30)46-52-47-42)40-19-14-29(51-40)22-27(25-45)43(49)50/h5-6,8,10,12-19,22-24,32,38H,3-4,7,9,11,20-21H2,1-2H3,(H,49,50)/b27-22-. The summed E-state index contributed by atoms with van der Waals surface area (Å²) in [7, 11) is 0. The molecule has 0 amide bonds. The van der Waals surface area contributed by atoms with Crippen molar-refractivity contribution in [2.45, 2.75) is 76.2 Å². The van der Waals surface area contributed by atoms with Gasteiger partial charge in [-0.05, 0) is 102 Å². The van der Waals surface area contributed by atoms with Gasteiger partial charge in [0.2, 0.25) is 0 Å². The first kappa shape index (κ1) is 32.8. The Balaban J connectivity index is 1.09. The van der Waals surface area contributed by atoms with E-state index >= 15 is 0 Å². The highest BCUT2D eigenvalue weighted by atomic mass is 32.1. The Morgan fingerprint density at radius 2 is 1.67 bits per heavy atom. The first-order valence-electron chi connectivity index (χ1n) is 18.3. The van der Waals surface area contributed by atoms with Crippen LogP contribution in [0.4, 0.5) is 11.4 Å². The summed E-state index contributed by atoms with van der Waals surface area (Å²) in [5.41, 5.74) is 14.6. The van der Waals surface area contributed by atoms with Crippen molar-refractivity contribution in [2.24, 2.45) is 0 Å². The van der Waals surface area contributed by atoms with Crippen molar-refractivity contribution in [3.05, 3.63) is 112 Å². The zero-order chi connectivity index (χ0) is 35.6. The molecule has 2 unspecified atom stereocenters. The van der Waals surface area contributed by atoms with Crippen molar-refractivity contribution in [1.29, 1.82) is 5.26 Å². The summed E-state index contributed by atoms with van der Waals surface area (Å²) in [6, 6.07) is 33.7. The average molecular weight is 719 g/mol. The average Bonchev–Trinajstić information content (AvgIpc) is 4.00. The van der Waals surface area contributed by atoms with Crippen molar-refractivity contribution in [3.63, 3.8) is 0 Å². The molecule has 1 fully saturated rings. The minimum Gasteiger partial charge on any atom is -0.477 e. The Hall–Kier alpha value is -5.10. The van der Waals surface area contributed by atoms with E-state index in [0.717, 1.165) is 32.6 Å². The number of hydrogen-bond acceptors (Lipinski definition) is 7. The van der Waals surface area contributed by atoms with Gasteiger partial charge in [-0.1, -0.05) is 81.6 Å². The number of nitriles is 1. The van der Waals surface area contributed by atoms with Crippen molar-refractivity contribution in [1.82, 2.24) is 8.75 Å². The van der Waals surface area contributed by atoms with Crippen LogP contribution in [0.1, 0.15) is 86.3 Å². The fraction of sp³-hybridized carbons (Fsp3) is 0.273. The van der Waals surface area contributed by atoms with Crippen molar-refractivity contribution < 1.29 is 9.90 Å². The summed E-state index contributed by atoms with van der Waals surface area (Å²) in [5.74, 6) is -0.743. The second kappa shape index (κ2) is 12.8. The van der Waals surface area contributed by atoms with Crippen LogP contribution in [0.25, 0.3) is 49.8 Å². The van der Waals surface area contributed by atoms with Gasteiger partial charge in [-0.2, -0.15) is 14.0 Å². The van der Waals surface area contributed by atoms with Gasteiger partial charge in [0.1, 0.15) is 22.7 Å². The lowest BCUT2D eigenvalue weighted by molar-refractivity contribution is -0.132. The van der Waals surface area contributed by atoms with Gasteiger partial charge in [0.25, 0.3) is 0 Å². The lowest BCUT2D eigenvalue weighted by Gasteiger charge is -2.32. The van der Waals surface area contributed by atoms with Gasteiger partial charge in [0.15, 0.2) is 0 Å². The molecule has 0 bridgehead atoms. The second-order valence-corrected chi connectivity index (χ2v) is 16.0. The SMILES string of the molecule is CCCC1(CCC)c2ccccc2-c2cc(N3c4ccc(-c5ccc(-c6ccc(/C=C(/C#N)C(=O)O)s6)c6nsnc56)cc4C4CCCC43)ccc21. The van der Waals surface area contributed by atoms with Crippen LogP contribution < -0.4 is 4.90 Å². The van der Waals surface area contributed by atoms with E-state index in [4.69, 9.17) is 8.75 Å². The number of fused-ring (bicyclic) bond motifs is 7. The lowest BCUT2D eigenvalue weighted by Crippen LogP contribution is -2.27. The summed E-state index contributed by atoms with van der Waals surface area (Å²) in [4.78, 5) is 15.7. The molecule has 6 aromatic rings. The Morgan fingerprint density at radius 1 is 0.904 bits per heavy atom. The van der Waals surface area contributed by atoms with Gasteiger partial charge in [0.05, 0.1) is 11.7 Å². The van der Waals surface area contributed by atoms with E-state index in [-0.39, 0.29) is 11.0 Å². The van der Waals surface area contributed by atoms with Crippen molar-refractivity contribution in [3.8, 4) is 38.8 Å². The van der Waals surface area contributed by atoms with Gasteiger partial charge in [-0.15, -0.1) is 11.3 Å². The summed E-state index contributed by atoms with van der Waals surface area (Å²) < 4.78 is 9.50. The Bertz CT molecular complexity index is 2460. The molecule has 0 radical (unpaired) electrons. The van der Waals surface area contributed by atoms with Crippen LogP contribution in [0.5, 0.6) is 0 Å². The molecule has 3 heterocycles. The van der Waals surface area contributed by atoms with E-state index in [2.05, 4.69) is 91.5 Å². The third kappa shape index (κ3) is 4.97.